The number of amides is 1. The van der Waals surface area contributed by atoms with E-state index in [1.807, 2.05) is 35.2 Å². The molecular formula is C25H26ClN3O3. The number of methoxy groups -OCH3 is 1. The van der Waals surface area contributed by atoms with Gasteiger partial charge in [0.25, 0.3) is 0 Å². The van der Waals surface area contributed by atoms with Crippen molar-refractivity contribution in [1.82, 2.24) is 9.80 Å². The van der Waals surface area contributed by atoms with E-state index in [1.165, 1.54) is 0 Å². The smallest absolute Gasteiger partial charge is 0.240 e. The maximum atomic E-state index is 13.1. The van der Waals surface area contributed by atoms with E-state index in [-0.39, 0.29) is 23.7 Å². The van der Waals surface area contributed by atoms with Crippen LogP contribution in [0.5, 0.6) is 5.75 Å². The predicted molar refractivity (Wildman–Crippen MR) is 122 cm³/mol. The fourth-order valence-corrected chi connectivity index (χ4v) is 4.95. The number of hydrogen-bond donors (Lipinski definition) is 0. The van der Waals surface area contributed by atoms with Crippen LogP contribution in [0.4, 0.5) is 0 Å². The van der Waals surface area contributed by atoms with Gasteiger partial charge in [-0.05, 0) is 68.2 Å². The minimum absolute atomic E-state index is 0.0168. The van der Waals surface area contributed by atoms with Crippen molar-refractivity contribution >= 4 is 23.3 Å². The normalized spacial score (nSPS) is 19.7. The number of hydrogen-bond acceptors (Lipinski definition) is 5. The lowest BCUT2D eigenvalue weighted by Crippen LogP contribution is -2.46. The maximum absolute atomic E-state index is 13.1. The molecule has 0 aromatic heterocycles. The average molecular weight is 452 g/mol. The average Bonchev–Trinajstić information content (AvgIpc) is 3.19. The van der Waals surface area contributed by atoms with Crippen molar-refractivity contribution in [2.75, 3.05) is 26.7 Å². The number of carbonyl (C=O) groups excluding carboxylic acids is 2. The van der Waals surface area contributed by atoms with Gasteiger partial charge in [-0.2, -0.15) is 5.26 Å². The third kappa shape index (κ3) is 4.50. The van der Waals surface area contributed by atoms with E-state index in [1.54, 1.807) is 19.2 Å². The van der Waals surface area contributed by atoms with Gasteiger partial charge in [-0.15, -0.1) is 0 Å². The molecule has 32 heavy (non-hydrogen) atoms. The Morgan fingerprint density at radius 3 is 2.50 bits per heavy atom. The van der Waals surface area contributed by atoms with Gasteiger partial charge in [0.15, 0.2) is 5.78 Å². The van der Waals surface area contributed by atoms with Gasteiger partial charge in [0.05, 0.1) is 23.7 Å². The highest BCUT2D eigenvalue weighted by Crippen LogP contribution is 2.28. The van der Waals surface area contributed by atoms with E-state index in [2.05, 4.69) is 11.0 Å². The summed E-state index contributed by atoms with van der Waals surface area (Å²) in [7, 11) is 1.61. The molecule has 166 valence electrons. The van der Waals surface area contributed by atoms with Crippen LogP contribution in [0.1, 0.15) is 40.7 Å². The summed E-state index contributed by atoms with van der Waals surface area (Å²) < 4.78 is 5.16. The second kappa shape index (κ2) is 9.72. The Hall–Kier alpha value is -2.88. The third-order valence-corrected chi connectivity index (χ3v) is 6.87. The van der Waals surface area contributed by atoms with E-state index in [0.29, 0.717) is 29.2 Å². The number of halogens is 1. The fourth-order valence-electron chi connectivity index (χ4n) is 4.71. The Bertz CT molecular complexity index is 1040. The van der Waals surface area contributed by atoms with Gasteiger partial charge in [0, 0.05) is 24.6 Å². The summed E-state index contributed by atoms with van der Waals surface area (Å²) in [6.45, 7) is 2.52. The molecule has 6 nitrogen and oxygen atoms in total. The van der Waals surface area contributed by atoms with Crippen LogP contribution in [0.3, 0.4) is 0 Å². The predicted octanol–water partition coefficient (Wildman–Crippen LogP) is 3.92. The van der Waals surface area contributed by atoms with Gasteiger partial charge in [-0.25, -0.2) is 0 Å². The van der Waals surface area contributed by atoms with E-state index in [9.17, 15) is 14.9 Å². The lowest BCUT2D eigenvalue weighted by Gasteiger charge is -2.34. The monoisotopic (exact) mass is 451 g/mol. The van der Waals surface area contributed by atoms with Crippen LogP contribution in [-0.2, 0) is 11.3 Å². The topological polar surface area (TPSA) is 73.6 Å². The molecule has 2 aromatic rings. The highest BCUT2D eigenvalue weighted by Gasteiger charge is 2.38. The first-order valence-electron chi connectivity index (χ1n) is 10.9. The van der Waals surface area contributed by atoms with Crippen LogP contribution in [0.25, 0.3) is 0 Å². The van der Waals surface area contributed by atoms with E-state index >= 15 is 0 Å². The Balaban J connectivity index is 1.34. The first-order valence-corrected chi connectivity index (χ1v) is 11.3. The third-order valence-electron chi connectivity index (χ3n) is 6.56. The van der Waals surface area contributed by atoms with Crippen LogP contribution in [0.15, 0.2) is 42.5 Å². The molecule has 0 aliphatic carbocycles. The van der Waals surface area contributed by atoms with E-state index < -0.39 is 0 Å². The molecule has 2 heterocycles. The Labute approximate surface area is 193 Å². The molecule has 1 unspecified atom stereocenters. The number of piperidine rings is 1. The minimum atomic E-state index is -0.156. The second-order valence-corrected chi connectivity index (χ2v) is 8.76. The molecule has 2 fully saturated rings. The van der Waals surface area contributed by atoms with Crippen molar-refractivity contribution in [3.05, 3.63) is 64.2 Å². The summed E-state index contributed by atoms with van der Waals surface area (Å²) >= 11 is 6.13. The van der Waals surface area contributed by atoms with Gasteiger partial charge in [0.1, 0.15) is 11.8 Å². The number of ether oxygens (including phenoxy) is 1. The Kier molecular flexibility index (Phi) is 6.78. The number of nitriles is 1. The summed E-state index contributed by atoms with van der Waals surface area (Å²) in [6.07, 6.45) is 2.27. The molecular weight excluding hydrogens is 426 g/mol. The SMILES string of the molecule is COc1ccc(C(=O)C2CCN(C3CCN(Cc4cccc(Cl)c4C#N)C3=O)CC2)cc1. The molecule has 2 aliphatic heterocycles. The number of ketones is 1. The molecule has 2 saturated heterocycles. The van der Waals surface area contributed by atoms with Crippen LogP contribution in [-0.4, -0.2) is 54.3 Å². The molecule has 4 rings (SSSR count). The van der Waals surface area contributed by atoms with Crippen molar-refractivity contribution in [2.24, 2.45) is 5.92 Å². The molecule has 0 bridgehead atoms. The number of carbonyl (C=O) groups is 2. The zero-order valence-electron chi connectivity index (χ0n) is 18.1. The molecule has 0 saturated carbocycles. The number of Topliss-reactive ketones (excluding diaryl/α,β-unsaturated/α-hetero) is 1. The standard InChI is InChI=1S/C25H26ClN3O3/c1-32-20-7-5-17(6-8-20)24(30)18-9-12-28(13-10-18)23-11-14-29(25(23)31)16-19-3-2-4-22(26)21(19)15-27/h2-8,18,23H,9-14,16H2,1H3. The summed E-state index contributed by atoms with van der Waals surface area (Å²) in [4.78, 5) is 30.0. The van der Waals surface area contributed by atoms with Crippen LogP contribution >= 0.6 is 11.6 Å². The van der Waals surface area contributed by atoms with Gasteiger partial charge in [-0.3, -0.25) is 14.5 Å². The van der Waals surface area contributed by atoms with Crippen LogP contribution < -0.4 is 4.74 Å². The van der Waals surface area contributed by atoms with Crippen LogP contribution in [0, 0.1) is 17.2 Å². The van der Waals surface area contributed by atoms with Crippen LogP contribution in [0.2, 0.25) is 5.02 Å². The number of likely N-dealkylation sites (tertiary alicyclic amines) is 2. The number of rotatable bonds is 6. The molecule has 1 amide bonds. The zero-order chi connectivity index (χ0) is 22.7. The summed E-state index contributed by atoms with van der Waals surface area (Å²) in [6, 6.07) is 14.6. The van der Waals surface area contributed by atoms with Gasteiger partial charge >= 0.3 is 0 Å². The largest absolute Gasteiger partial charge is 0.497 e. The lowest BCUT2D eigenvalue weighted by atomic mass is 9.88. The molecule has 0 spiro atoms. The molecule has 2 aromatic carbocycles. The van der Waals surface area contributed by atoms with Crippen molar-refractivity contribution in [3.63, 3.8) is 0 Å². The summed E-state index contributed by atoms with van der Waals surface area (Å²) in [5, 5.41) is 9.81. The number of nitrogens with zero attached hydrogens (tertiary/aromatic N) is 3. The fraction of sp³-hybridized carbons (Fsp3) is 0.400. The maximum Gasteiger partial charge on any atom is 0.240 e. The van der Waals surface area contributed by atoms with E-state index in [4.69, 9.17) is 16.3 Å². The van der Waals surface area contributed by atoms with E-state index in [0.717, 1.165) is 43.7 Å². The van der Waals surface area contributed by atoms with Gasteiger partial charge in [-0.1, -0.05) is 23.7 Å². The van der Waals surface area contributed by atoms with Crippen molar-refractivity contribution in [3.8, 4) is 11.8 Å². The van der Waals surface area contributed by atoms with Gasteiger partial charge in [0.2, 0.25) is 5.91 Å². The summed E-state index contributed by atoms with van der Waals surface area (Å²) in [5.74, 6) is 0.975. The molecule has 0 N–H and O–H groups in total. The molecule has 7 heteroatoms. The van der Waals surface area contributed by atoms with Gasteiger partial charge < -0.3 is 9.64 Å². The quantitative estimate of drug-likeness (QED) is 0.622. The zero-order valence-corrected chi connectivity index (χ0v) is 18.8. The molecule has 1 atom stereocenters. The summed E-state index contributed by atoms with van der Waals surface area (Å²) in [5.41, 5.74) is 1.92. The highest BCUT2D eigenvalue weighted by molar-refractivity contribution is 6.31. The Morgan fingerprint density at radius 2 is 1.84 bits per heavy atom. The Morgan fingerprint density at radius 1 is 1.12 bits per heavy atom. The second-order valence-electron chi connectivity index (χ2n) is 8.35. The lowest BCUT2D eigenvalue weighted by molar-refractivity contribution is -0.133. The molecule has 2 aliphatic rings. The highest BCUT2D eigenvalue weighted by atomic mass is 35.5. The number of benzene rings is 2. The van der Waals surface area contributed by atoms with Crippen molar-refractivity contribution < 1.29 is 14.3 Å². The molecule has 0 radical (unpaired) electrons. The van der Waals surface area contributed by atoms with Crippen molar-refractivity contribution in [2.45, 2.75) is 31.8 Å². The first kappa shape index (κ1) is 22.3. The van der Waals surface area contributed by atoms with Crippen molar-refractivity contribution in [1.29, 1.82) is 5.26 Å². The minimum Gasteiger partial charge on any atom is -0.497 e. The first-order chi connectivity index (χ1) is 15.5.